The molecule has 0 radical (unpaired) electrons. The standard InChI is InChI=1S/C20H10N2O5/c23-19-14-7-5-12(22(25)26)10-16(14)20(24)21(19)11-6-8-18-15(9-11)13-3-1-2-4-17(13)27-18/h1-10H. The van der Waals surface area contributed by atoms with Gasteiger partial charge >= 0.3 is 0 Å². The Morgan fingerprint density at radius 2 is 1.56 bits per heavy atom. The van der Waals surface area contributed by atoms with Gasteiger partial charge in [0.05, 0.1) is 21.7 Å². The van der Waals surface area contributed by atoms with E-state index in [-0.39, 0.29) is 16.8 Å². The molecule has 0 spiro atoms. The van der Waals surface area contributed by atoms with Gasteiger partial charge in [0.2, 0.25) is 0 Å². The van der Waals surface area contributed by atoms with E-state index in [4.69, 9.17) is 4.42 Å². The molecule has 0 fully saturated rings. The van der Waals surface area contributed by atoms with Gasteiger partial charge in [-0.3, -0.25) is 19.7 Å². The number of non-ortho nitro benzene ring substituents is 1. The molecule has 0 unspecified atom stereocenters. The van der Waals surface area contributed by atoms with Crippen molar-refractivity contribution in [2.24, 2.45) is 0 Å². The molecule has 0 N–H and O–H groups in total. The lowest BCUT2D eigenvalue weighted by Crippen LogP contribution is -2.29. The first-order valence-electron chi connectivity index (χ1n) is 8.13. The third-order valence-electron chi connectivity index (χ3n) is 4.70. The first-order valence-corrected chi connectivity index (χ1v) is 8.13. The van der Waals surface area contributed by atoms with Crippen molar-refractivity contribution in [2.45, 2.75) is 0 Å². The number of nitro groups is 1. The summed E-state index contributed by atoms with van der Waals surface area (Å²) in [5, 5.41) is 12.6. The number of nitro benzene ring substituents is 1. The summed E-state index contributed by atoms with van der Waals surface area (Å²) in [6.45, 7) is 0. The molecule has 0 saturated heterocycles. The molecule has 130 valence electrons. The fraction of sp³-hybridized carbons (Fsp3) is 0. The van der Waals surface area contributed by atoms with Crippen molar-refractivity contribution in [3.63, 3.8) is 0 Å². The van der Waals surface area contributed by atoms with Crippen LogP contribution in [0.3, 0.4) is 0 Å². The Kier molecular flexibility index (Phi) is 2.97. The monoisotopic (exact) mass is 358 g/mol. The maximum atomic E-state index is 12.8. The van der Waals surface area contributed by atoms with Gasteiger partial charge in [0.15, 0.2) is 0 Å². The first-order chi connectivity index (χ1) is 13.0. The third kappa shape index (κ3) is 2.08. The number of benzene rings is 3. The second-order valence-electron chi connectivity index (χ2n) is 6.21. The zero-order valence-corrected chi connectivity index (χ0v) is 13.7. The number of nitrogens with zero attached hydrogens (tertiary/aromatic N) is 2. The number of hydrogen-bond acceptors (Lipinski definition) is 5. The molecule has 5 rings (SSSR count). The molecule has 1 aliphatic rings. The molecular weight excluding hydrogens is 348 g/mol. The van der Waals surface area contributed by atoms with E-state index in [0.29, 0.717) is 16.9 Å². The topological polar surface area (TPSA) is 93.7 Å². The smallest absolute Gasteiger partial charge is 0.270 e. The van der Waals surface area contributed by atoms with E-state index >= 15 is 0 Å². The molecule has 0 atom stereocenters. The fourth-order valence-electron chi connectivity index (χ4n) is 3.43. The number of anilines is 1. The summed E-state index contributed by atoms with van der Waals surface area (Å²) in [5.74, 6) is -1.08. The minimum Gasteiger partial charge on any atom is -0.456 e. The Morgan fingerprint density at radius 1 is 0.815 bits per heavy atom. The van der Waals surface area contributed by atoms with Crippen molar-refractivity contribution in [1.29, 1.82) is 0 Å². The average Bonchev–Trinajstić information content (AvgIpc) is 3.16. The van der Waals surface area contributed by atoms with E-state index in [1.54, 1.807) is 18.2 Å². The van der Waals surface area contributed by atoms with Crippen LogP contribution in [0, 0.1) is 10.1 Å². The highest BCUT2D eigenvalue weighted by molar-refractivity contribution is 6.35. The van der Waals surface area contributed by atoms with Gasteiger partial charge in [-0.05, 0) is 30.3 Å². The van der Waals surface area contributed by atoms with Crippen molar-refractivity contribution >= 4 is 45.1 Å². The predicted octanol–water partition coefficient (Wildman–Crippen LogP) is 4.29. The number of fused-ring (bicyclic) bond motifs is 4. The van der Waals surface area contributed by atoms with Crippen LogP contribution in [0.5, 0.6) is 0 Å². The molecule has 7 heteroatoms. The normalized spacial score (nSPS) is 13.6. The summed E-state index contributed by atoms with van der Waals surface area (Å²) in [4.78, 5) is 36.9. The third-order valence-corrected chi connectivity index (χ3v) is 4.70. The first kappa shape index (κ1) is 15.3. The molecule has 27 heavy (non-hydrogen) atoms. The number of carbonyl (C=O) groups excluding carboxylic acids is 2. The zero-order valence-electron chi connectivity index (χ0n) is 13.7. The maximum absolute atomic E-state index is 12.8. The van der Waals surface area contributed by atoms with Crippen LogP contribution in [-0.4, -0.2) is 16.7 Å². The van der Waals surface area contributed by atoms with Gasteiger partial charge in [-0.15, -0.1) is 0 Å². The molecule has 2 amide bonds. The van der Waals surface area contributed by atoms with Crippen molar-refractivity contribution in [3.05, 3.63) is 81.9 Å². The van der Waals surface area contributed by atoms with Crippen LogP contribution in [0.25, 0.3) is 21.9 Å². The molecule has 4 aromatic rings. The minimum absolute atomic E-state index is 0.0337. The number of hydrogen-bond donors (Lipinski definition) is 0. The number of amides is 2. The fourth-order valence-corrected chi connectivity index (χ4v) is 3.43. The summed E-state index contributed by atoms with van der Waals surface area (Å²) < 4.78 is 5.76. The average molecular weight is 358 g/mol. The predicted molar refractivity (Wildman–Crippen MR) is 98.0 cm³/mol. The van der Waals surface area contributed by atoms with Crippen molar-refractivity contribution < 1.29 is 18.9 Å². The lowest BCUT2D eigenvalue weighted by molar-refractivity contribution is -0.384. The highest BCUT2D eigenvalue weighted by Gasteiger charge is 2.38. The second-order valence-corrected chi connectivity index (χ2v) is 6.21. The molecule has 0 bridgehead atoms. The van der Waals surface area contributed by atoms with Crippen LogP contribution in [-0.2, 0) is 0 Å². The summed E-state index contributed by atoms with van der Waals surface area (Å²) in [6.07, 6.45) is 0. The lowest BCUT2D eigenvalue weighted by Gasteiger charge is -2.13. The summed E-state index contributed by atoms with van der Waals surface area (Å²) in [7, 11) is 0. The molecule has 1 aromatic heterocycles. The molecule has 3 aromatic carbocycles. The van der Waals surface area contributed by atoms with Gasteiger partial charge in [-0.1, -0.05) is 18.2 Å². The van der Waals surface area contributed by atoms with Gasteiger partial charge in [0.1, 0.15) is 11.2 Å². The Balaban J connectivity index is 1.66. The van der Waals surface area contributed by atoms with Crippen molar-refractivity contribution in [1.82, 2.24) is 0 Å². The largest absolute Gasteiger partial charge is 0.456 e. The molecular formula is C20H10N2O5. The Labute approximate surface area is 151 Å². The number of rotatable bonds is 2. The maximum Gasteiger partial charge on any atom is 0.270 e. The lowest BCUT2D eigenvalue weighted by atomic mass is 10.1. The van der Waals surface area contributed by atoms with E-state index in [9.17, 15) is 19.7 Å². The number of imide groups is 1. The number of para-hydroxylation sites is 1. The van der Waals surface area contributed by atoms with Gasteiger partial charge in [-0.2, -0.15) is 0 Å². The Bertz CT molecular complexity index is 1300. The highest BCUT2D eigenvalue weighted by atomic mass is 16.6. The minimum atomic E-state index is -0.593. The van der Waals surface area contributed by atoms with Crippen LogP contribution >= 0.6 is 0 Å². The SMILES string of the molecule is O=C1c2ccc([N+](=O)[O-])cc2C(=O)N1c1ccc2oc3ccccc3c2c1. The van der Waals surface area contributed by atoms with E-state index in [0.717, 1.165) is 21.7 Å². The second kappa shape index (κ2) is 5.25. The molecule has 0 saturated carbocycles. The van der Waals surface area contributed by atoms with E-state index < -0.39 is 16.7 Å². The van der Waals surface area contributed by atoms with E-state index in [1.807, 2.05) is 24.3 Å². The molecule has 1 aliphatic heterocycles. The summed E-state index contributed by atoms with van der Waals surface area (Å²) >= 11 is 0. The van der Waals surface area contributed by atoms with Gasteiger partial charge in [0, 0.05) is 22.9 Å². The molecule has 7 nitrogen and oxygen atoms in total. The summed E-state index contributed by atoms with van der Waals surface area (Å²) in [5.41, 5.74) is 1.71. The Morgan fingerprint density at radius 3 is 2.37 bits per heavy atom. The van der Waals surface area contributed by atoms with Crippen LogP contribution in [0.2, 0.25) is 0 Å². The Hall–Kier alpha value is -4.00. The van der Waals surface area contributed by atoms with Gasteiger partial charge in [0.25, 0.3) is 17.5 Å². The number of carbonyl (C=O) groups is 2. The van der Waals surface area contributed by atoms with E-state index in [1.165, 1.54) is 12.1 Å². The van der Waals surface area contributed by atoms with Crippen LogP contribution in [0.4, 0.5) is 11.4 Å². The molecule has 2 heterocycles. The van der Waals surface area contributed by atoms with Crippen molar-refractivity contribution in [3.8, 4) is 0 Å². The van der Waals surface area contributed by atoms with Crippen LogP contribution in [0.15, 0.2) is 65.1 Å². The zero-order chi connectivity index (χ0) is 18.7. The van der Waals surface area contributed by atoms with Crippen LogP contribution in [0.1, 0.15) is 20.7 Å². The van der Waals surface area contributed by atoms with E-state index in [2.05, 4.69) is 0 Å². The summed E-state index contributed by atoms with van der Waals surface area (Å²) in [6, 6.07) is 16.2. The van der Waals surface area contributed by atoms with Crippen molar-refractivity contribution in [2.75, 3.05) is 4.90 Å². The van der Waals surface area contributed by atoms with Crippen LogP contribution < -0.4 is 4.90 Å². The highest BCUT2D eigenvalue weighted by Crippen LogP contribution is 2.35. The molecule has 0 aliphatic carbocycles. The van der Waals surface area contributed by atoms with Gasteiger partial charge in [-0.25, -0.2) is 4.90 Å². The quantitative estimate of drug-likeness (QED) is 0.303. The number of furan rings is 1. The van der Waals surface area contributed by atoms with Gasteiger partial charge < -0.3 is 4.42 Å².